The Labute approximate surface area is 189 Å². The van der Waals surface area contributed by atoms with E-state index in [1.165, 1.54) is 0 Å². The Kier molecular flexibility index (Phi) is 9.08. The number of benzene rings is 2. The highest BCUT2D eigenvalue weighted by atomic mass is 35.5. The van der Waals surface area contributed by atoms with Crippen molar-refractivity contribution < 1.29 is 9.53 Å². The van der Waals surface area contributed by atoms with E-state index in [0.717, 1.165) is 46.0 Å². The van der Waals surface area contributed by atoms with Gasteiger partial charge in [0.2, 0.25) is 0 Å². The molecule has 1 amide bonds. The predicted molar refractivity (Wildman–Crippen MR) is 129 cm³/mol. The number of hydrogen-bond acceptors (Lipinski definition) is 5. The molecule has 0 aliphatic carbocycles. The fourth-order valence-corrected chi connectivity index (χ4v) is 4.03. The van der Waals surface area contributed by atoms with Crippen molar-refractivity contribution in [2.45, 2.75) is 26.7 Å². The van der Waals surface area contributed by atoms with Crippen molar-refractivity contribution in [3.8, 4) is 5.75 Å². The van der Waals surface area contributed by atoms with Crippen LogP contribution in [0.25, 0.3) is 10.2 Å². The number of para-hydroxylation sites is 1. The van der Waals surface area contributed by atoms with Crippen LogP contribution in [0.2, 0.25) is 0 Å². The van der Waals surface area contributed by atoms with Crippen molar-refractivity contribution in [1.82, 2.24) is 9.88 Å². The first kappa shape index (κ1) is 24.1. The van der Waals surface area contributed by atoms with Crippen LogP contribution < -0.4 is 9.64 Å². The molecule has 0 spiro atoms. The van der Waals surface area contributed by atoms with Gasteiger partial charge in [0.1, 0.15) is 5.75 Å². The maximum absolute atomic E-state index is 13.3. The minimum Gasteiger partial charge on any atom is -0.494 e. The number of rotatable bonds is 9. The molecule has 0 aliphatic rings. The minimum atomic E-state index is -0.0383. The number of aryl methyl sites for hydroxylation is 1. The summed E-state index contributed by atoms with van der Waals surface area (Å²) in [5.41, 5.74) is 2.73. The quantitative estimate of drug-likeness (QED) is 0.411. The fourth-order valence-electron chi connectivity index (χ4n) is 2.96. The predicted octanol–water partition coefficient (Wildman–Crippen LogP) is 5.41. The lowest BCUT2D eigenvalue weighted by molar-refractivity contribution is 0.0985. The van der Waals surface area contributed by atoms with Gasteiger partial charge < -0.3 is 9.64 Å². The van der Waals surface area contributed by atoms with E-state index in [1.54, 1.807) is 16.2 Å². The Morgan fingerprint density at radius 2 is 1.83 bits per heavy atom. The average molecular weight is 448 g/mol. The largest absolute Gasteiger partial charge is 0.494 e. The molecule has 5 nitrogen and oxygen atoms in total. The summed E-state index contributed by atoms with van der Waals surface area (Å²) in [6, 6.07) is 13.6. The molecule has 1 heterocycles. The van der Waals surface area contributed by atoms with Gasteiger partial charge in [-0.1, -0.05) is 36.8 Å². The molecule has 0 aliphatic heterocycles. The van der Waals surface area contributed by atoms with E-state index in [0.29, 0.717) is 18.7 Å². The van der Waals surface area contributed by atoms with E-state index >= 15 is 0 Å². The third-order valence-electron chi connectivity index (χ3n) is 4.72. The van der Waals surface area contributed by atoms with Crippen LogP contribution in [0, 0.1) is 6.92 Å². The number of aromatic nitrogens is 1. The number of hydrogen-bond donors (Lipinski definition) is 0. The van der Waals surface area contributed by atoms with Gasteiger partial charge in [0.15, 0.2) is 5.13 Å². The summed E-state index contributed by atoms with van der Waals surface area (Å²) < 4.78 is 6.82. The van der Waals surface area contributed by atoms with Gasteiger partial charge in [-0.25, -0.2) is 4.98 Å². The Hall–Kier alpha value is -2.15. The van der Waals surface area contributed by atoms with Gasteiger partial charge >= 0.3 is 0 Å². The maximum atomic E-state index is 13.3. The highest BCUT2D eigenvalue weighted by molar-refractivity contribution is 7.22. The van der Waals surface area contributed by atoms with Gasteiger partial charge in [0.25, 0.3) is 5.91 Å². The summed E-state index contributed by atoms with van der Waals surface area (Å²) in [5.74, 6) is 0.758. The first-order valence-electron chi connectivity index (χ1n) is 10.0. The number of nitrogens with zero attached hydrogens (tertiary/aromatic N) is 3. The second kappa shape index (κ2) is 11.3. The summed E-state index contributed by atoms with van der Waals surface area (Å²) in [5, 5.41) is 0.740. The standard InChI is InChI=1S/C23H29N3O2S.ClH/c1-5-6-16-28-19-12-10-18(11-13-19)22(27)26(15-14-25(3)4)23-24-21-17(2)8-7-9-20(21)29-23;/h7-13H,5-6,14-16H2,1-4H3;1H. The number of amides is 1. The van der Waals surface area contributed by atoms with Gasteiger partial charge in [-0.15, -0.1) is 12.4 Å². The molecule has 162 valence electrons. The highest BCUT2D eigenvalue weighted by Gasteiger charge is 2.22. The minimum absolute atomic E-state index is 0. The molecule has 30 heavy (non-hydrogen) atoms. The summed E-state index contributed by atoms with van der Waals surface area (Å²) in [6.45, 7) is 6.23. The summed E-state index contributed by atoms with van der Waals surface area (Å²) >= 11 is 1.56. The van der Waals surface area contributed by atoms with Gasteiger partial charge in [0.05, 0.1) is 16.8 Å². The van der Waals surface area contributed by atoms with Crippen LogP contribution in [0.4, 0.5) is 5.13 Å². The Balaban J connectivity index is 0.00000320. The van der Waals surface area contributed by atoms with Gasteiger partial charge in [0, 0.05) is 18.7 Å². The molecule has 0 saturated heterocycles. The molecule has 0 unspecified atom stereocenters. The topological polar surface area (TPSA) is 45.7 Å². The van der Waals surface area contributed by atoms with Gasteiger partial charge in [-0.05, 0) is 63.3 Å². The molecule has 0 atom stereocenters. The number of carbonyl (C=O) groups excluding carboxylic acids is 1. The fraction of sp³-hybridized carbons (Fsp3) is 0.391. The van der Waals surface area contributed by atoms with Crippen LogP contribution in [0.5, 0.6) is 5.75 Å². The SMILES string of the molecule is CCCCOc1ccc(C(=O)N(CCN(C)C)c2nc3c(C)cccc3s2)cc1.Cl. The highest BCUT2D eigenvalue weighted by Crippen LogP contribution is 2.31. The van der Waals surface area contributed by atoms with Gasteiger partial charge in [-0.2, -0.15) is 0 Å². The number of unbranched alkanes of at least 4 members (excludes halogenated alkanes) is 1. The first-order valence-corrected chi connectivity index (χ1v) is 10.9. The Morgan fingerprint density at radius 3 is 2.47 bits per heavy atom. The van der Waals surface area contributed by atoms with Crippen molar-refractivity contribution in [3.63, 3.8) is 0 Å². The van der Waals surface area contributed by atoms with Crippen LogP contribution in [-0.2, 0) is 0 Å². The van der Waals surface area contributed by atoms with Crippen LogP contribution in [-0.4, -0.2) is 49.6 Å². The summed E-state index contributed by atoms with van der Waals surface area (Å²) in [7, 11) is 4.02. The molecule has 0 radical (unpaired) electrons. The summed E-state index contributed by atoms with van der Waals surface area (Å²) in [4.78, 5) is 22.0. The van der Waals surface area contributed by atoms with Crippen molar-refractivity contribution in [1.29, 1.82) is 0 Å². The molecule has 3 aromatic rings. The second-order valence-corrected chi connectivity index (χ2v) is 8.41. The Bertz CT molecular complexity index is 957. The van der Waals surface area contributed by atoms with Crippen molar-refractivity contribution in [2.75, 3.05) is 38.7 Å². The van der Waals surface area contributed by atoms with Crippen LogP contribution >= 0.6 is 23.7 Å². The maximum Gasteiger partial charge on any atom is 0.260 e. The zero-order valence-electron chi connectivity index (χ0n) is 18.1. The number of likely N-dealkylation sites (N-methyl/N-ethyl adjacent to an activating group) is 1. The first-order chi connectivity index (χ1) is 14.0. The molecule has 7 heteroatoms. The lowest BCUT2D eigenvalue weighted by Crippen LogP contribution is -2.36. The number of halogens is 1. The third-order valence-corrected chi connectivity index (χ3v) is 5.77. The molecule has 0 bridgehead atoms. The van der Waals surface area contributed by atoms with E-state index in [1.807, 2.05) is 44.4 Å². The van der Waals surface area contributed by atoms with Gasteiger partial charge in [-0.3, -0.25) is 9.69 Å². The van der Waals surface area contributed by atoms with E-state index in [2.05, 4.69) is 30.9 Å². The monoisotopic (exact) mass is 447 g/mol. The Morgan fingerprint density at radius 1 is 1.10 bits per heavy atom. The lowest BCUT2D eigenvalue weighted by atomic mass is 10.2. The number of fused-ring (bicyclic) bond motifs is 1. The molecule has 0 saturated carbocycles. The normalized spacial score (nSPS) is 10.8. The van der Waals surface area contributed by atoms with Crippen molar-refractivity contribution >= 4 is 45.0 Å². The second-order valence-electron chi connectivity index (χ2n) is 7.40. The van der Waals surface area contributed by atoms with E-state index in [4.69, 9.17) is 9.72 Å². The molecule has 1 aromatic heterocycles. The molecule has 0 fully saturated rings. The van der Waals surface area contributed by atoms with Crippen molar-refractivity contribution in [3.05, 3.63) is 53.6 Å². The van der Waals surface area contributed by atoms with Crippen LogP contribution in [0.1, 0.15) is 35.7 Å². The van der Waals surface area contributed by atoms with E-state index in [9.17, 15) is 4.79 Å². The van der Waals surface area contributed by atoms with E-state index < -0.39 is 0 Å². The smallest absolute Gasteiger partial charge is 0.260 e. The van der Waals surface area contributed by atoms with E-state index in [-0.39, 0.29) is 18.3 Å². The van der Waals surface area contributed by atoms with Crippen molar-refractivity contribution in [2.24, 2.45) is 0 Å². The third kappa shape index (κ3) is 5.94. The lowest BCUT2D eigenvalue weighted by Gasteiger charge is -2.22. The number of carbonyl (C=O) groups is 1. The molecule has 2 aromatic carbocycles. The van der Waals surface area contributed by atoms with Crippen LogP contribution in [0.15, 0.2) is 42.5 Å². The molecular weight excluding hydrogens is 418 g/mol. The average Bonchev–Trinajstić information content (AvgIpc) is 3.14. The molecular formula is C23H30ClN3O2S. The molecule has 3 rings (SSSR count). The number of anilines is 1. The zero-order chi connectivity index (χ0) is 20.8. The molecule has 0 N–H and O–H groups in total. The summed E-state index contributed by atoms with van der Waals surface area (Å²) in [6.07, 6.45) is 2.12. The zero-order valence-corrected chi connectivity index (χ0v) is 19.7. The number of ether oxygens (including phenoxy) is 1. The number of thiazole rings is 1. The van der Waals surface area contributed by atoms with Crippen LogP contribution in [0.3, 0.4) is 0 Å².